The van der Waals surface area contributed by atoms with E-state index >= 15 is 0 Å². The van der Waals surface area contributed by atoms with Crippen molar-refractivity contribution in [1.82, 2.24) is 5.32 Å². The van der Waals surface area contributed by atoms with Crippen molar-refractivity contribution < 1.29 is 53.1 Å². The molecule has 0 bridgehead atoms. The van der Waals surface area contributed by atoms with Gasteiger partial charge in [-0.3, -0.25) is 9.59 Å². The van der Waals surface area contributed by atoms with E-state index in [1.807, 2.05) is 0 Å². The number of carbonyl (C=O) groups excluding carboxylic acids is 5. The van der Waals surface area contributed by atoms with Gasteiger partial charge in [-0.15, -0.1) is 0 Å². The highest BCUT2D eigenvalue weighted by Gasteiger charge is 2.47. The maximum absolute atomic E-state index is 13.8. The van der Waals surface area contributed by atoms with E-state index in [4.69, 9.17) is 24.7 Å². The van der Waals surface area contributed by atoms with Crippen LogP contribution in [0.1, 0.15) is 70.8 Å². The summed E-state index contributed by atoms with van der Waals surface area (Å²) in [5.41, 5.74) is 4.35. The van der Waals surface area contributed by atoms with Crippen LogP contribution in [0.4, 0.5) is 5.69 Å². The van der Waals surface area contributed by atoms with Gasteiger partial charge in [0.2, 0.25) is 12.2 Å². The molecule has 13 heteroatoms. The largest absolute Gasteiger partial charge is 0.505 e. The number of aromatic hydroxyl groups is 1. The van der Waals surface area contributed by atoms with Crippen LogP contribution in [0, 0.1) is 17.3 Å². The second kappa shape index (κ2) is 16.0. The predicted octanol–water partition coefficient (Wildman–Crippen LogP) is 3.09. The third-order valence-electron chi connectivity index (χ3n) is 8.50. The fourth-order valence-electron chi connectivity index (χ4n) is 5.05. The Kier molecular flexibility index (Phi) is 12.6. The third kappa shape index (κ3) is 8.82. The van der Waals surface area contributed by atoms with Crippen molar-refractivity contribution in [1.29, 1.82) is 0 Å². The van der Waals surface area contributed by atoms with E-state index in [9.17, 15) is 34.2 Å². The number of aliphatic hydroxyl groups excluding tert-OH is 1. The SMILES string of the molecule is CC[C@H](C)[C@@H]1OC(=O)C(C)(C)[C@@H](O)[C@@H](Cc2ccccc2)OC(=O)[C@H](C(C)C)OC(=O)[C@@H](NC(=O)c2cccc(N)c2O)[C@@H](C)OC1=O. The molecule has 48 heavy (non-hydrogen) atoms. The molecule has 1 fully saturated rings. The number of phenols is 1. The van der Waals surface area contributed by atoms with Gasteiger partial charge in [0.15, 0.2) is 11.8 Å². The number of nitrogens with two attached hydrogens (primary N) is 1. The number of phenolic OH excluding ortho intramolecular Hbond substituents is 1. The van der Waals surface area contributed by atoms with Crippen LogP contribution in [0.25, 0.3) is 0 Å². The molecule has 1 aliphatic rings. The summed E-state index contributed by atoms with van der Waals surface area (Å²) in [7, 11) is 0. The van der Waals surface area contributed by atoms with Crippen LogP contribution in [0.2, 0.25) is 0 Å². The van der Waals surface area contributed by atoms with Gasteiger partial charge in [0.1, 0.15) is 18.3 Å². The zero-order valence-electron chi connectivity index (χ0n) is 28.3. The number of hydrogen-bond donors (Lipinski definition) is 4. The second-order valence-corrected chi connectivity index (χ2v) is 13.0. The number of amides is 1. The number of anilines is 1. The van der Waals surface area contributed by atoms with Gasteiger partial charge in [0.05, 0.1) is 16.7 Å². The predicted molar refractivity (Wildman–Crippen MR) is 173 cm³/mol. The Hall–Kier alpha value is -4.65. The summed E-state index contributed by atoms with van der Waals surface area (Å²) in [5, 5.41) is 24.4. The molecular formula is C35H46N2O11. The molecule has 1 heterocycles. The fraction of sp³-hybridized carbons (Fsp3) is 0.514. The zero-order chi connectivity index (χ0) is 35.9. The first kappa shape index (κ1) is 37.8. The lowest BCUT2D eigenvalue weighted by atomic mass is 9.81. The molecule has 2 aromatic carbocycles. The van der Waals surface area contributed by atoms with Crippen molar-refractivity contribution in [2.75, 3.05) is 5.73 Å². The summed E-state index contributed by atoms with van der Waals surface area (Å²) in [6.45, 7) is 10.7. The van der Waals surface area contributed by atoms with Gasteiger partial charge < -0.3 is 40.2 Å². The molecule has 0 aromatic heterocycles. The Balaban J connectivity index is 2.12. The number of nitrogens with one attached hydrogen (secondary N) is 1. The lowest BCUT2D eigenvalue weighted by molar-refractivity contribution is -0.190. The smallest absolute Gasteiger partial charge is 0.348 e. The van der Waals surface area contributed by atoms with Crippen LogP contribution in [-0.4, -0.2) is 76.6 Å². The number of esters is 4. The lowest BCUT2D eigenvalue weighted by Crippen LogP contribution is -2.52. The molecule has 2 aromatic rings. The summed E-state index contributed by atoms with van der Waals surface area (Å²) in [6, 6.07) is 11.2. The van der Waals surface area contributed by atoms with Crippen LogP contribution >= 0.6 is 0 Å². The van der Waals surface area contributed by atoms with Crippen molar-refractivity contribution in [3.63, 3.8) is 0 Å². The first-order chi connectivity index (χ1) is 22.5. The van der Waals surface area contributed by atoms with Gasteiger partial charge in [-0.2, -0.15) is 0 Å². The molecule has 0 saturated carbocycles. The Morgan fingerprint density at radius 2 is 1.52 bits per heavy atom. The molecule has 3 rings (SSSR count). The van der Waals surface area contributed by atoms with Crippen LogP contribution in [0.3, 0.4) is 0 Å². The molecule has 0 unspecified atom stereocenters. The number of ether oxygens (including phenoxy) is 4. The van der Waals surface area contributed by atoms with E-state index in [0.717, 1.165) is 0 Å². The Morgan fingerprint density at radius 1 is 0.896 bits per heavy atom. The molecule has 0 radical (unpaired) electrons. The average molecular weight is 671 g/mol. The Labute approximate surface area is 280 Å². The fourth-order valence-corrected chi connectivity index (χ4v) is 5.05. The van der Waals surface area contributed by atoms with Gasteiger partial charge in [-0.05, 0) is 44.9 Å². The van der Waals surface area contributed by atoms with Crippen LogP contribution in [0.15, 0.2) is 48.5 Å². The van der Waals surface area contributed by atoms with Crippen molar-refractivity contribution in [2.24, 2.45) is 17.3 Å². The Bertz CT molecular complexity index is 1480. The molecule has 1 amide bonds. The van der Waals surface area contributed by atoms with Gasteiger partial charge in [-0.1, -0.05) is 64.1 Å². The first-order valence-corrected chi connectivity index (χ1v) is 15.9. The maximum Gasteiger partial charge on any atom is 0.348 e. The average Bonchev–Trinajstić information content (AvgIpc) is 3.04. The zero-order valence-corrected chi connectivity index (χ0v) is 28.3. The lowest BCUT2D eigenvalue weighted by Gasteiger charge is -2.35. The van der Waals surface area contributed by atoms with E-state index in [2.05, 4.69) is 5.32 Å². The molecule has 262 valence electrons. The normalized spacial score (nSPS) is 26.2. The monoisotopic (exact) mass is 670 g/mol. The molecule has 5 N–H and O–H groups in total. The number of para-hydroxylation sites is 1. The van der Waals surface area contributed by atoms with Gasteiger partial charge in [0, 0.05) is 18.3 Å². The molecule has 7 atom stereocenters. The molecule has 1 saturated heterocycles. The molecule has 0 spiro atoms. The van der Waals surface area contributed by atoms with Crippen molar-refractivity contribution in [3.05, 3.63) is 59.7 Å². The van der Waals surface area contributed by atoms with E-state index in [1.54, 1.807) is 58.0 Å². The number of benzene rings is 2. The number of carbonyl (C=O) groups is 5. The Morgan fingerprint density at radius 3 is 2.12 bits per heavy atom. The summed E-state index contributed by atoms with van der Waals surface area (Å²) in [6.07, 6.45) is -7.02. The number of cyclic esters (lactones) is 4. The van der Waals surface area contributed by atoms with Gasteiger partial charge in [0.25, 0.3) is 5.91 Å². The van der Waals surface area contributed by atoms with Crippen molar-refractivity contribution >= 4 is 35.5 Å². The summed E-state index contributed by atoms with van der Waals surface area (Å²) in [5.74, 6) is -6.86. The summed E-state index contributed by atoms with van der Waals surface area (Å²) >= 11 is 0. The molecular weight excluding hydrogens is 624 g/mol. The van der Waals surface area contributed by atoms with Crippen molar-refractivity contribution in [2.45, 2.75) is 97.9 Å². The second-order valence-electron chi connectivity index (χ2n) is 13.0. The van der Waals surface area contributed by atoms with Crippen LogP contribution in [-0.2, 0) is 44.5 Å². The maximum atomic E-state index is 13.8. The minimum absolute atomic E-state index is 0.0144. The van der Waals surface area contributed by atoms with Crippen molar-refractivity contribution in [3.8, 4) is 5.75 Å². The van der Waals surface area contributed by atoms with Crippen LogP contribution in [0.5, 0.6) is 5.75 Å². The van der Waals surface area contributed by atoms with Gasteiger partial charge in [-0.25, -0.2) is 14.4 Å². The minimum atomic E-state index is -1.71. The minimum Gasteiger partial charge on any atom is -0.505 e. The number of nitrogen functional groups attached to an aromatic ring is 1. The molecule has 1 aliphatic heterocycles. The summed E-state index contributed by atoms with van der Waals surface area (Å²) < 4.78 is 22.7. The number of hydrogen-bond acceptors (Lipinski definition) is 12. The number of aliphatic hydroxyl groups is 1. The summed E-state index contributed by atoms with van der Waals surface area (Å²) in [4.78, 5) is 68.0. The third-order valence-corrected chi connectivity index (χ3v) is 8.50. The standard InChI is InChI=1S/C35H46N2O11/c1-8-19(4)28-33(43)45-20(5)25(37-30(40)22-15-12-16-23(36)26(22)38)31(41)47-27(18(2)3)32(42)46-24(17-21-13-10-9-11-14-21)29(39)35(6,7)34(44)48-28/h9-16,18-20,24-25,27-29,38-39H,8,17,36H2,1-7H3,(H,37,40)/t19-,20+,24+,25-,27-,28-,29-/m0/s1. The highest BCUT2D eigenvalue weighted by Crippen LogP contribution is 2.31. The topological polar surface area (TPSA) is 201 Å². The molecule has 13 nitrogen and oxygen atoms in total. The van der Waals surface area contributed by atoms with Crippen LogP contribution < -0.4 is 11.1 Å². The van der Waals surface area contributed by atoms with Gasteiger partial charge >= 0.3 is 23.9 Å². The first-order valence-electron chi connectivity index (χ1n) is 15.9. The van der Waals surface area contributed by atoms with E-state index < -0.39 is 89.3 Å². The number of rotatable bonds is 7. The highest BCUT2D eigenvalue weighted by molar-refractivity contribution is 6.00. The van der Waals surface area contributed by atoms with E-state index in [0.29, 0.717) is 12.0 Å². The highest BCUT2D eigenvalue weighted by atomic mass is 16.6. The van der Waals surface area contributed by atoms with E-state index in [1.165, 1.54) is 39.0 Å². The quantitative estimate of drug-likeness (QED) is 0.145. The molecule has 0 aliphatic carbocycles. The van der Waals surface area contributed by atoms with E-state index in [-0.39, 0.29) is 17.7 Å².